The van der Waals surface area contributed by atoms with E-state index in [9.17, 15) is 4.79 Å². The van der Waals surface area contributed by atoms with Gasteiger partial charge in [-0.2, -0.15) is 0 Å². The smallest absolute Gasteiger partial charge is 0.183 e. The van der Waals surface area contributed by atoms with Crippen LogP contribution in [0.2, 0.25) is 0 Å². The molecular weight excluding hydrogens is 160 g/mol. The lowest BCUT2D eigenvalue weighted by Crippen LogP contribution is -1.98. The zero-order valence-electron chi connectivity index (χ0n) is 5.91. The quantitative estimate of drug-likeness (QED) is 0.696. The highest BCUT2D eigenvalue weighted by molar-refractivity contribution is 7.17. The first-order chi connectivity index (χ1) is 5.38. The summed E-state index contributed by atoms with van der Waals surface area (Å²) < 4.78 is 0. The Labute approximate surface area is 68.5 Å². The SMILES string of the molecule is O=Cc1cnc(NC2CC2)s1. The summed E-state index contributed by atoms with van der Waals surface area (Å²) >= 11 is 1.41. The van der Waals surface area contributed by atoms with Crippen LogP contribution in [0.4, 0.5) is 5.13 Å². The molecule has 1 aliphatic rings. The Hall–Kier alpha value is -0.900. The highest BCUT2D eigenvalue weighted by Crippen LogP contribution is 2.26. The normalized spacial score (nSPS) is 16.4. The fourth-order valence-corrected chi connectivity index (χ4v) is 1.52. The van der Waals surface area contributed by atoms with Gasteiger partial charge in [-0.3, -0.25) is 4.79 Å². The van der Waals surface area contributed by atoms with E-state index in [1.807, 2.05) is 0 Å². The summed E-state index contributed by atoms with van der Waals surface area (Å²) in [6, 6.07) is 0.612. The Bertz CT molecular complexity index is 267. The van der Waals surface area contributed by atoms with Gasteiger partial charge in [0.05, 0.1) is 11.1 Å². The van der Waals surface area contributed by atoms with Crippen LogP contribution in [0.3, 0.4) is 0 Å². The fourth-order valence-electron chi connectivity index (χ4n) is 0.810. The van der Waals surface area contributed by atoms with Gasteiger partial charge in [0, 0.05) is 6.04 Å². The number of carbonyl (C=O) groups excluding carboxylic acids is 1. The van der Waals surface area contributed by atoms with Gasteiger partial charge in [-0.25, -0.2) is 4.98 Å². The molecule has 1 N–H and O–H groups in total. The van der Waals surface area contributed by atoms with Crippen molar-refractivity contribution in [2.45, 2.75) is 18.9 Å². The molecule has 4 heteroatoms. The van der Waals surface area contributed by atoms with Crippen molar-refractivity contribution in [1.29, 1.82) is 0 Å². The van der Waals surface area contributed by atoms with E-state index in [4.69, 9.17) is 0 Å². The number of aromatic nitrogens is 1. The van der Waals surface area contributed by atoms with Crippen LogP contribution in [-0.2, 0) is 0 Å². The minimum atomic E-state index is 0.612. The molecular formula is C7H8N2OS. The Balaban J connectivity index is 2.05. The molecule has 0 bridgehead atoms. The molecule has 58 valence electrons. The van der Waals surface area contributed by atoms with Gasteiger partial charge in [0.1, 0.15) is 0 Å². The van der Waals surface area contributed by atoms with Crippen LogP contribution < -0.4 is 5.32 Å². The number of rotatable bonds is 3. The lowest BCUT2D eigenvalue weighted by atomic mass is 10.6. The van der Waals surface area contributed by atoms with Crippen molar-refractivity contribution in [3.8, 4) is 0 Å². The average Bonchev–Trinajstić information content (AvgIpc) is 2.68. The molecule has 0 aliphatic heterocycles. The Morgan fingerprint density at radius 1 is 1.73 bits per heavy atom. The maximum absolute atomic E-state index is 10.3. The van der Waals surface area contributed by atoms with Crippen molar-refractivity contribution >= 4 is 22.8 Å². The molecule has 3 nitrogen and oxygen atoms in total. The van der Waals surface area contributed by atoms with Crippen molar-refractivity contribution in [1.82, 2.24) is 4.98 Å². The largest absolute Gasteiger partial charge is 0.359 e. The predicted octanol–water partition coefficient (Wildman–Crippen LogP) is 1.53. The number of anilines is 1. The summed E-state index contributed by atoms with van der Waals surface area (Å²) in [5.41, 5.74) is 0. The van der Waals surface area contributed by atoms with Crippen molar-refractivity contribution in [3.63, 3.8) is 0 Å². The maximum Gasteiger partial charge on any atom is 0.183 e. The second-order valence-electron chi connectivity index (χ2n) is 2.60. The van der Waals surface area contributed by atoms with E-state index in [0.29, 0.717) is 10.9 Å². The van der Waals surface area contributed by atoms with Crippen LogP contribution in [0.25, 0.3) is 0 Å². The van der Waals surface area contributed by atoms with Gasteiger partial charge in [0.2, 0.25) is 0 Å². The molecule has 1 saturated carbocycles. The van der Waals surface area contributed by atoms with Crippen molar-refractivity contribution < 1.29 is 4.79 Å². The molecule has 1 fully saturated rings. The first-order valence-corrected chi connectivity index (χ1v) is 4.37. The van der Waals surface area contributed by atoms with Gasteiger partial charge in [0.15, 0.2) is 11.4 Å². The molecule has 1 aliphatic carbocycles. The van der Waals surface area contributed by atoms with E-state index in [-0.39, 0.29) is 0 Å². The van der Waals surface area contributed by atoms with Crippen LogP contribution in [0.1, 0.15) is 22.5 Å². The van der Waals surface area contributed by atoms with E-state index in [1.165, 1.54) is 24.2 Å². The molecule has 2 rings (SSSR count). The highest BCUT2D eigenvalue weighted by Gasteiger charge is 2.21. The summed E-state index contributed by atoms with van der Waals surface area (Å²) in [4.78, 5) is 15.0. The van der Waals surface area contributed by atoms with Crippen LogP contribution in [0.15, 0.2) is 6.20 Å². The molecule has 0 aromatic carbocycles. The number of hydrogen-bond acceptors (Lipinski definition) is 4. The fraction of sp³-hybridized carbons (Fsp3) is 0.429. The van der Waals surface area contributed by atoms with Gasteiger partial charge in [0.25, 0.3) is 0 Å². The minimum Gasteiger partial charge on any atom is -0.359 e. The van der Waals surface area contributed by atoms with Crippen molar-refractivity contribution in [3.05, 3.63) is 11.1 Å². The second-order valence-corrected chi connectivity index (χ2v) is 3.67. The van der Waals surface area contributed by atoms with Crippen LogP contribution in [0, 0.1) is 0 Å². The summed E-state index contributed by atoms with van der Waals surface area (Å²) in [6.07, 6.45) is 4.89. The third-order valence-electron chi connectivity index (χ3n) is 1.54. The van der Waals surface area contributed by atoms with E-state index in [1.54, 1.807) is 6.20 Å². The molecule has 1 aromatic rings. The third-order valence-corrected chi connectivity index (χ3v) is 2.40. The lowest BCUT2D eigenvalue weighted by Gasteiger charge is -1.94. The maximum atomic E-state index is 10.3. The van der Waals surface area contributed by atoms with E-state index in [0.717, 1.165) is 11.4 Å². The second kappa shape index (κ2) is 2.62. The molecule has 0 saturated heterocycles. The molecule has 0 atom stereocenters. The minimum absolute atomic E-state index is 0.612. The van der Waals surface area contributed by atoms with Gasteiger partial charge in [-0.05, 0) is 12.8 Å². The van der Waals surface area contributed by atoms with E-state index < -0.39 is 0 Å². The molecule has 1 heterocycles. The molecule has 0 spiro atoms. The molecule has 11 heavy (non-hydrogen) atoms. The molecule has 1 aromatic heterocycles. The third kappa shape index (κ3) is 1.57. The number of nitrogens with zero attached hydrogens (tertiary/aromatic N) is 1. The van der Waals surface area contributed by atoms with E-state index >= 15 is 0 Å². The zero-order valence-corrected chi connectivity index (χ0v) is 6.73. The number of thiazole rings is 1. The van der Waals surface area contributed by atoms with Gasteiger partial charge in [-0.15, -0.1) is 0 Å². The Morgan fingerprint density at radius 2 is 2.55 bits per heavy atom. The van der Waals surface area contributed by atoms with Crippen molar-refractivity contribution in [2.75, 3.05) is 5.32 Å². The van der Waals surface area contributed by atoms with Crippen LogP contribution in [0.5, 0.6) is 0 Å². The number of carbonyl (C=O) groups is 1. The standard InChI is InChI=1S/C7H8N2OS/c10-4-6-3-8-7(11-6)9-5-1-2-5/h3-5H,1-2H2,(H,8,9). The number of hydrogen-bond donors (Lipinski definition) is 1. The summed E-state index contributed by atoms with van der Waals surface area (Å²) in [5.74, 6) is 0. The van der Waals surface area contributed by atoms with Gasteiger partial charge in [-0.1, -0.05) is 11.3 Å². The first-order valence-electron chi connectivity index (χ1n) is 3.56. The summed E-state index contributed by atoms with van der Waals surface area (Å²) in [6.45, 7) is 0. The van der Waals surface area contributed by atoms with Gasteiger partial charge >= 0.3 is 0 Å². The van der Waals surface area contributed by atoms with Crippen LogP contribution in [-0.4, -0.2) is 17.3 Å². The molecule has 0 amide bonds. The van der Waals surface area contributed by atoms with Gasteiger partial charge < -0.3 is 5.32 Å². The topological polar surface area (TPSA) is 42.0 Å². The zero-order chi connectivity index (χ0) is 7.68. The summed E-state index contributed by atoms with van der Waals surface area (Å²) in [5, 5.41) is 4.09. The first kappa shape index (κ1) is 6.79. The van der Waals surface area contributed by atoms with E-state index in [2.05, 4.69) is 10.3 Å². The Kier molecular flexibility index (Phi) is 1.62. The lowest BCUT2D eigenvalue weighted by molar-refractivity contribution is 0.112. The molecule has 0 unspecified atom stereocenters. The van der Waals surface area contributed by atoms with Crippen molar-refractivity contribution in [2.24, 2.45) is 0 Å². The highest BCUT2D eigenvalue weighted by atomic mass is 32.1. The number of nitrogens with one attached hydrogen (secondary N) is 1. The molecule has 0 radical (unpaired) electrons. The Morgan fingerprint density at radius 3 is 3.09 bits per heavy atom. The average molecular weight is 168 g/mol. The monoisotopic (exact) mass is 168 g/mol. The predicted molar refractivity (Wildman–Crippen MR) is 44.1 cm³/mol. The van der Waals surface area contributed by atoms with Crippen LogP contribution >= 0.6 is 11.3 Å². The number of aldehydes is 1. The summed E-state index contributed by atoms with van der Waals surface area (Å²) in [7, 11) is 0.